The van der Waals surface area contributed by atoms with Gasteiger partial charge in [0.05, 0.1) is 20.5 Å². The molecule has 2 aromatic heterocycles. The van der Waals surface area contributed by atoms with Gasteiger partial charge in [-0.25, -0.2) is 4.68 Å². The largest absolute Gasteiger partial charge is 0.371 e. The highest BCUT2D eigenvalue weighted by Crippen LogP contribution is 2.22. The number of ketones is 1. The van der Waals surface area contributed by atoms with Crippen LogP contribution in [0.3, 0.4) is 0 Å². The molecule has 0 bridgehead atoms. The summed E-state index contributed by atoms with van der Waals surface area (Å²) in [6.07, 6.45) is 1.63. The average molecular weight is 370 g/mol. The zero-order valence-corrected chi connectivity index (χ0v) is 14.3. The van der Waals surface area contributed by atoms with Crippen molar-refractivity contribution in [2.75, 3.05) is 18.0 Å². The Morgan fingerprint density at radius 1 is 1.38 bits per heavy atom. The smallest absolute Gasteiger partial charge is 0.269 e. The number of rotatable bonds is 6. The number of hydrogen-bond donors (Lipinski definition) is 0. The molecule has 0 aliphatic rings. The normalized spacial score (nSPS) is 10.6. The number of Topliss-reactive ketones (excluding diaryl/α,β-unsaturated/α-hetero) is 1. The predicted octanol–water partition coefficient (Wildman–Crippen LogP) is 2.80. The van der Waals surface area contributed by atoms with Crippen LogP contribution in [0.2, 0.25) is 0 Å². The van der Waals surface area contributed by atoms with Gasteiger partial charge in [-0.15, -0.1) is 11.3 Å². The first-order valence-corrected chi connectivity index (χ1v) is 8.26. The van der Waals surface area contributed by atoms with Crippen LogP contribution >= 0.6 is 27.3 Å². The van der Waals surface area contributed by atoms with Crippen LogP contribution in [0.1, 0.15) is 23.5 Å². The van der Waals surface area contributed by atoms with Crippen LogP contribution in [0.5, 0.6) is 0 Å². The molecule has 0 radical (unpaired) electrons. The number of nitrogens with zero attached hydrogens (tertiary/aromatic N) is 3. The van der Waals surface area contributed by atoms with Crippen molar-refractivity contribution in [3.8, 4) is 0 Å². The van der Waals surface area contributed by atoms with Gasteiger partial charge in [-0.2, -0.15) is 5.10 Å². The topological polar surface area (TPSA) is 55.2 Å². The standard InChI is InChI=1S/C14H16BrN3O2S/c1-3-17(4-2)10-7-14(20)18(16-8-10)9-11(19)12-5-6-13(15)21-12/h5-8H,3-4,9H2,1-2H3. The third-order valence-electron chi connectivity index (χ3n) is 3.13. The van der Waals surface area contributed by atoms with E-state index in [-0.39, 0.29) is 17.9 Å². The first-order chi connectivity index (χ1) is 10.0. The molecule has 0 aliphatic heterocycles. The highest BCUT2D eigenvalue weighted by atomic mass is 79.9. The van der Waals surface area contributed by atoms with Crippen molar-refractivity contribution >= 4 is 38.7 Å². The van der Waals surface area contributed by atoms with E-state index in [1.54, 1.807) is 12.3 Å². The minimum atomic E-state index is -0.261. The van der Waals surface area contributed by atoms with Gasteiger partial charge in [0, 0.05) is 19.2 Å². The van der Waals surface area contributed by atoms with E-state index >= 15 is 0 Å². The molecule has 0 aliphatic carbocycles. The molecule has 0 saturated carbocycles. The van der Waals surface area contributed by atoms with Gasteiger partial charge in [-0.3, -0.25) is 9.59 Å². The van der Waals surface area contributed by atoms with Gasteiger partial charge in [0.25, 0.3) is 5.56 Å². The van der Waals surface area contributed by atoms with E-state index in [0.717, 1.165) is 22.6 Å². The molecule has 2 heterocycles. The summed E-state index contributed by atoms with van der Waals surface area (Å²) in [6.45, 7) is 5.62. The maximum atomic E-state index is 12.1. The fraction of sp³-hybridized carbons (Fsp3) is 0.357. The fourth-order valence-corrected chi connectivity index (χ4v) is 3.30. The Balaban J connectivity index is 2.18. The maximum Gasteiger partial charge on any atom is 0.269 e. The number of carbonyl (C=O) groups is 1. The Morgan fingerprint density at radius 3 is 2.62 bits per heavy atom. The van der Waals surface area contributed by atoms with Gasteiger partial charge in [0.1, 0.15) is 6.54 Å². The molecule has 0 saturated heterocycles. The third-order valence-corrected chi connectivity index (χ3v) is 4.79. The summed E-state index contributed by atoms with van der Waals surface area (Å²) in [5, 5.41) is 4.10. The van der Waals surface area contributed by atoms with E-state index in [2.05, 4.69) is 21.0 Å². The second kappa shape index (κ2) is 7.00. The summed E-state index contributed by atoms with van der Waals surface area (Å²) in [6, 6.07) is 5.08. The minimum Gasteiger partial charge on any atom is -0.371 e. The van der Waals surface area contributed by atoms with Crippen molar-refractivity contribution in [3.05, 3.63) is 43.4 Å². The molecule has 112 valence electrons. The SMILES string of the molecule is CCN(CC)c1cnn(CC(=O)c2ccc(Br)s2)c(=O)c1. The summed E-state index contributed by atoms with van der Waals surface area (Å²) < 4.78 is 2.09. The highest BCUT2D eigenvalue weighted by Gasteiger charge is 2.12. The molecule has 0 N–H and O–H groups in total. The molecule has 0 aromatic carbocycles. The van der Waals surface area contributed by atoms with Crippen LogP contribution in [0.25, 0.3) is 0 Å². The van der Waals surface area contributed by atoms with Gasteiger partial charge in [0.15, 0.2) is 5.78 Å². The maximum absolute atomic E-state index is 12.1. The number of thiophene rings is 1. The van der Waals surface area contributed by atoms with Crippen molar-refractivity contribution < 1.29 is 4.79 Å². The lowest BCUT2D eigenvalue weighted by Gasteiger charge is -2.20. The Labute approximate surface area is 135 Å². The first kappa shape index (κ1) is 15.9. The number of aromatic nitrogens is 2. The summed E-state index contributed by atoms with van der Waals surface area (Å²) >= 11 is 4.67. The summed E-state index contributed by atoms with van der Waals surface area (Å²) in [5.41, 5.74) is 0.524. The zero-order valence-electron chi connectivity index (χ0n) is 11.9. The van der Waals surface area contributed by atoms with Crippen molar-refractivity contribution in [1.82, 2.24) is 9.78 Å². The molecule has 0 unspecified atom stereocenters. The van der Waals surface area contributed by atoms with Crippen LogP contribution in [-0.4, -0.2) is 28.7 Å². The minimum absolute atomic E-state index is 0.0374. The van der Waals surface area contributed by atoms with Crippen LogP contribution in [0, 0.1) is 0 Å². The van der Waals surface area contributed by atoms with Crippen molar-refractivity contribution in [1.29, 1.82) is 0 Å². The van der Waals surface area contributed by atoms with Crippen molar-refractivity contribution in [3.63, 3.8) is 0 Å². The van der Waals surface area contributed by atoms with Crippen LogP contribution in [-0.2, 0) is 6.54 Å². The van der Waals surface area contributed by atoms with Crippen LogP contribution in [0.15, 0.2) is 33.0 Å². The summed E-state index contributed by atoms with van der Waals surface area (Å²) in [7, 11) is 0. The third kappa shape index (κ3) is 3.79. The van der Waals surface area contributed by atoms with E-state index < -0.39 is 0 Å². The van der Waals surface area contributed by atoms with Crippen molar-refractivity contribution in [2.45, 2.75) is 20.4 Å². The summed E-state index contributed by atoms with van der Waals surface area (Å²) in [4.78, 5) is 26.8. The lowest BCUT2D eigenvalue weighted by Crippen LogP contribution is -2.29. The van der Waals surface area contributed by atoms with Gasteiger partial charge in [0.2, 0.25) is 0 Å². The zero-order chi connectivity index (χ0) is 15.4. The molecule has 21 heavy (non-hydrogen) atoms. The molecule has 2 aromatic rings. The molecule has 0 amide bonds. The van der Waals surface area contributed by atoms with Crippen LogP contribution < -0.4 is 10.5 Å². The van der Waals surface area contributed by atoms with E-state index in [4.69, 9.17) is 0 Å². The highest BCUT2D eigenvalue weighted by molar-refractivity contribution is 9.11. The Morgan fingerprint density at radius 2 is 2.10 bits per heavy atom. The van der Waals surface area contributed by atoms with Gasteiger partial charge < -0.3 is 4.90 Å². The summed E-state index contributed by atoms with van der Waals surface area (Å²) in [5.74, 6) is -0.115. The van der Waals surface area contributed by atoms with Gasteiger partial charge in [-0.05, 0) is 41.9 Å². The second-order valence-electron chi connectivity index (χ2n) is 4.41. The number of hydrogen-bond acceptors (Lipinski definition) is 5. The average Bonchev–Trinajstić information content (AvgIpc) is 2.90. The van der Waals surface area contributed by atoms with E-state index in [1.165, 1.54) is 22.1 Å². The first-order valence-electron chi connectivity index (χ1n) is 6.65. The molecular formula is C14H16BrN3O2S. The van der Waals surface area contributed by atoms with E-state index in [9.17, 15) is 9.59 Å². The molecular weight excluding hydrogens is 354 g/mol. The second-order valence-corrected chi connectivity index (χ2v) is 6.87. The van der Waals surface area contributed by atoms with Crippen molar-refractivity contribution in [2.24, 2.45) is 0 Å². The Kier molecular flexibility index (Phi) is 5.30. The lowest BCUT2D eigenvalue weighted by atomic mass is 10.3. The molecule has 2 rings (SSSR count). The van der Waals surface area contributed by atoms with Crippen LogP contribution in [0.4, 0.5) is 5.69 Å². The predicted molar refractivity (Wildman–Crippen MR) is 88.4 cm³/mol. The molecule has 7 heteroatoms. The molecule has 0 atom stereocenters. The van der Waals surface area contributed by atoms with Gasteiger partial charge >= 0.3 is 0 Å². The van der Waals surface area contributed by atoms with E-state index in [1.807, 2.05) is 24.8 Å². The fourth-order valence-electron chi connectivity index (χ4n) is 1.98. The monoisotopic (exact) mass is 369 g/mol. The van der Waals surface area contributed by atoms with Gasteiger partial charge in [-0.1, -0.05) is 0 Å². The molecule has 5 nitrogen and oxygen atoms in total. The Hall–Kier alpha value is -1.47. The number of carbonyl (C=O) groups excluding carboxylic acids is 1. The number of halogens is 1. The Bertz CT molecular complexity index is 692. The quantitative estimate of drug-likeness (QED) is 0.734. The number of anilines is 1. The lowest BCUT2D eigenvalue weighted by molar-refractivity contribution is 0.0969. The molecule has 0 spiro atoms. The molecule has 0 fully saturated rings. The van der Waals surface area contributed by atoms with E-state index in [0.29, 0.717) is 4.88 Å².